The van der Waals surface area contributed by atoms with Crippen molar-refractivity contribution in [2.75, 3.05) is 7.11 Å². The summed E-state index contributed by atoms with van der Waals surface area (Å²) in [7, 11) is 1.33. The highest BCUT2D eigenvalue weighted by Gasteiger charge is 2.62. The quantitative estimate of drug-likeness (QED) is 0.429. The van der Waals surface area contributed by atoms with Crippen LogP contribution < -0.4 is 4.74 Å². The Morgan fingerprint density at radius 2 is 1.83 bits per heavy atom. The fourth-order valence-corrected chi connectivity index (χ4v) is 5.66. The van der Waals surface area contributed by atoms with E-state index < -0.39 is 65.4 Å². The lowest BCUT2D eigenvalue weighted by Crippen LogP contribution is -2.62. The summed E-state index contributed by atoms with van der Waals surface area (Å²) < 4.78 is 28.5. The molecule has 0 unspecified atom stereocenters. The summed E-state index contributed by atoms with van der Waals surface area (Å²) in [6.07, 6.45) is -6.93. The van der Waals surface area contributed by atoms with Gasteiger partial charge in [-0.15, -0.1) is 0 Å². The van der Waals surface area contributed by atoms with Crippen molar-refractivity contribution in [2.24, 2.45) is 0 Å². The number of esters is 2. The summed E-state index contributed by atoms with van der Waals surface area (Å²) in [5.74, 6) is -5.51. The third-order valence-corrected chi connectivity index (χ3v) is 7.28. The monoisotopic (exact) mass is 566 g/mol. The molecule has 2 aromatic rings. The van der Waals surface area contributed by atoms with E-state index in [-0.39, 0.29) is 41.9 Å². The van der Waals surface area contributed by atoms with Crippen LogP contribution in [0.5, 0.6) is 5.75 Å². The number of methoxy groups -OCH3 is 1. The molecule has 0 amide bonds. The first kappa shape index (κ1) is 28.6. The molecule has 3 aliphatic rings. The second-order valence-corrected chi connectivity index (χ2v) is 10.2. The Hall–Kier alpha value is -3.90. The number of rotatable bonds is 9. The van der Waals surface area contributed by atoms with Crippen molar-refractivity contribution in [3.05, 3.63) is 76.4 Å². The molecule has 6 atom stereocenters. The number of fused-ring (bicyclic) bond motifs is 3. The highest BCUT2D eigenvalue weighted by atomic mass is 16.7. The minimum absolute atomic E-state index is 0.0151. The molecule has 2 aromatic carbocycles. The van der Waals surface area contributed by atoms with Crippen LogP contribution in [-0.2, 0) is 35.1 Å². The molecule has 2 N–H and O–H groups in total. The number of hydrogen-bond acceptors (Lipinski definition) is 11. The van der Waals surface area contributed by atoms with E-state index in [2.05, 4.69) is 0 Å². The van der Waals surface area contributed by atoms with Crippen molar-refractivity contribution in [1.29, 1.82) is 0 Å². The van der Waals surface area contributed by atoms with Gasteiger partial charge < -0.3 is 33.9 Å². The summed E-state index contributed by atoms with van der Waals surface area (Å²) in [6.45, 7) is 2.48. The number of aliphatic hydroxyl groups excluding tert-OH is 1. The predicted molar refractivity (Wildman–Crippen MR) is 140 cm³/mol. The van der Waals surface area contributed by atoms with Gasteiger partial charge in [0.15, 0.2) is 23.8 Å². The molecule has 5 rings (SSSR count). The van der Waals surface area contributed by atoms with Gasteiger partial charge in [-0.05, 0) is 18.6 Å². The van der Waals surface area contributed by atoms with Gasteiger partial charge in [0.05, 0.1) is 43.0 Å². The summed E-state index contributed by atoms with van der Waals surface area (Å²) >= 11 is 0. The van der Waals surface area contributed by atoms with Crippen LogP contribution in [0.3, 0.4) is 0 Å². The van der Waals surface area contributed by atoms with E-state index in [4.69, 9.17) is 23.7 Å². The molecule has 0 bridgehead atoms. The Morgan fingerprint density at radius 1 is 1.10 bits per heavy atom. The molecule has 11 nitrogen and oxygen atoms in total. The molecular formula is C30H30O11. The van der Waals surface area contributed by atoms with Crippen LogP contribution >= 0.6 is 0 Å². The molecule has 216 valence electrons. The predicted octanol–water partition coefficient (Wildman–Crippen LogP) is 2.06. The Morgan fingerprint density at radius 3 is 2.49 bits per heavy atom. The van der Waals surface area contributed by atoms with Gasteiger partial charge in [-0.25, -0.2) is 0 Å². The van der Waals surface area contributed by atoms with Crippen LogP contribution in [0.15, 0.2) is 59.7 Å². The lowest BCUT2D eigenvalue weighted by Gasteiger charge is -2.47. The van der Waals surface area contributed by atoms with Crippen molar-refractivity contribution in [3.63, 3.8) is 0 Å². The first-order valence-electron chi connectivity index (χ1n) is 13.2. The van der Waals surface area contributed by atoms with E-state index in [1.807, 2.05) is 0 Å². The third kappa shape index (κ3) is 5.17. The molecule has 0 radical (unpaired) electrons. The second-order valence-electron chi connectivity index (χ2n) is 10.2. The minimum Gasteiger partial charge on any atom is -0.496 e. The maximum Gasteiger partial charge on any atom is 0.309 e. The number of carbonyl (C=O) groups is 4. The average Bonchev–Trinajstić information content (AvgIpc) is 3.29. The molecule has 1 aliphatic carbocycles. The smallest absolute Gasteiger partial charge is 0.309 e. The van der Waals surface area contributed by atoms with Crippen molar-refractivity contribution in [1.82, 2.24) is 0 Å². The highest BCUT2D eigenvalue weighted by molar-refractivity contribution is 6.29. The van der Waals surface area contributed by atoms with Crippen LogP contribution in [0.1, 0.15) is 53.0 Å². The van der Waals surface area contributed by atoms with Gasteiger partial charge in [-0.1, -0.05) is 42.5 Å². The number of carbonyl (C=O) groups excluding carboxylic acids is 4. The van der Waals surface area contributed by atoms with E-state index in [1.165, 1.54) is 26.2 Å². The molecule has 1 saturated heterocycles. The van der Waals surface area contributed by atoms with Gasteiger partial charge in [0.25, 0.3) is 0 Å². The SMILES string of the molecule is COc1cccc2c1C(=O)C1=C(C2=O)[C@H]2OC(=O)C[C@H]2O[C@@]1(O)[C@H](OCc1ccccc1)[C@@H](C[C@@H](C)O)OC(C)=O. The molecule has 0 spiro atoms. The number of Topliss-reactive ketones (excluding diaryl/α,β-unsaturated/α-hetero) is 2. The number of aliphatic hydroxyl groups is 2. The third-order valence-electron chi connectivity index (χ3n) is 7.28. The maximum absolute atomic E-state index is 14.2. The standard InChI is InChI=1S/C30H30O11/c1-15(31)12-21(39-16(2)32)29(38-14-17-8-5-4-6-9-17)30(36)25-24(28-20(41-30)13-22(33)40-28)26(34)18-10-7-11-19(37-3)23(18)27(25)35/h4-11,15,20-21,28-29,31,36H,12-14H2,1-3H3/t15-,20-,21-,28+,29-,30-/m1/s1. The molecule has 1 fully saturated rings. The van der Waals surface area contributed by atoms with E-state index >= 15 is 0 Å². The summed E-state index contributed by atoms with van der Waals surface area (Å²) in [5, 5.41) is 22.7. The number of ether oxygens (including phenoxy) is 5. The molecular weight excluding hydrogens is 536 g/mol. The Balaban J connectivity index is 1.71. The average molecular weight is 567 g/mol. The van der Waals surface area contributed by atoms with Crippen LogP contribution in [0.4, 0.5) is 0 Å². The van der Waals surface area contributed by atoms with Crippen LogP contribution in [0.2, 0.25) is 0 Å². The highest BCUT2D eigenvalue weighted by Crippen LogP contribution is 2.48. The van der Waals surface area contributed by atoms with E-state index in [0.717, 1.165) is 6.92 Å². The molecule has 0 saturated carbocycles. The van der Waals surface area contributed by atoms with Crippen molar-refractivity contribution >= 4 is 23.5 Å². The first-order chi connectivity index (χ1) is 19.5. The van der Waals surface area contributed by atoms with Crippen LogP contribution in [-0.4, -0.2) is 77.1 Å². The summed E-state index contributed by atoms with van der Waals surface area (Å²) in [6, 6.07) is 13.4. The van der Waals surface area contributed by atoms with Gasteiger partial charge in [0.2, 0.25) is 5.79 Å². The van der Waals surface area contributed by atoms with E-state index in [9.17, 15) is 29.4 Å². The normalized spacial score (nSPS) is 25.4. The summed E-state index contributed by atoms with van der Waals surface area (Å²) in [5.41, 5.74) is -0.158. The van der Waals surface area contributed by atoms with Gasteiger partial charge in [-0.2, -0.15) is 0 Å². The Bertz CT molecular complexity index is 1410. The molecule has 0 aromatic heterocycles. The number of benzene rings is 2. The van der Waals surface area contributed by atoms with Crippen molar-refractivity contribution in [2.45, 2.75) is 69.6 Å². The van der Waals surface area contributed by atoms with E-state index in [0.29, 0.717) is 5.56 Å². The second kappa shape index (κ2) is 11.2. The zero-order chi connectivity index (χ0) is 29.5. The largest absolute Gasteiger partial charge is 0.496 e. The van der Waals surface area contributed by atoms with Crippen LogP contribution in [0.25, 0.3) is 0 Å². The molecule has 11 heteroatoms. The number of ketones is 2. The molecule has 41 heavy (non-hydrogen) atoms. The van der Waals surface area contributed by atoms with Gasteiger partial charge >= 0.3 is 11.9 Å². The van der Waals surface area contributed by atoms with Gasteiger partial charge in [0, 0.05) is 18.9 Å². The fraction of sp³-hybridized carbons (Fsp3) is 0.400. The minimum atomic E-state index is -2.71. The lowest BCUT2D eigenvalue weighted by atomic mass is 9.73. The Kier molecular flexibility index (Phi) is 7.80. The Labute approximate surface area is 235 Å². The fourth-order valence-electron chi connectivity index (χ4n) is 5.66. The van der Waals surface area contributed by atoms with E-state index in [1.54, 1.807) is 36.4 Å². The zero-order valence-electron chi connectivity index (χ0n) is 22.7. The van der Waals surface area contributed by atoms with Gasteiger partial charge in [0.1, 0.15) is 18.0 Å². The maximum atomic E-state index is 14.2. The summed E-state index contributed by atoms with van der Waals surface area (Å²) in [4.78, 5) is 52.7. The topological polar surface area (TPSA) is 155 Å². The van der Waals surface area contributed by atoms with Crippen molar-refractivity contribution in [3.8, 4) is 5.75 Å². The van der Waals surface area contributed by atoms with Crippen LogP contribution in [0, 0.1) is 0 Å². The zero-order valence-corrected chi connectivity index (χ0v) is 22.7. The molecule has 2 aliphatic heterocycles. The first-order valence-corrected chi connectivity index (χ1v) is 13.2. The lowest BCUT2D eigenvalue weighted by molar-refractivity contribution is -0.293. The number of hydrogen-bond donors (Lipinski definition) is 2. The van der Waals surface area contributed by atoms with Crippen molar-refractivity contribution < 1.29 is 53.1 Å². The van der Waals surface area contributed by atoms with Gasteiger partial charge in [-0.3, -0.25) is 19.2 Å². The molecule has 2 heterocycles.